The maximum Gasteiger partial charge on any atom is 0.181 e. The van der Waals surface area contributed by atoms with Gasteiger partial charge >= 0.3 is 0 Å². The molecule has 0 aliphatic carbocycles. The third-order valence-corrected chi connectivity index (χ3v) is 1.74. The largest absolute Gasteiger partial charge is 0.336 e. The van der Waals surface area contributed by atoms with Crippen molar-refractivity contribution in [2.45, 2.75) is 26.7 Å². The number of nitrogen functional groups attached to an aromatic ring is 1. The summed E-state index contributed by atoms with van der Waals surface area (Å²) in [6, 6.07) is 0. The number of imidazole rings is 1. The Balaban J connectivity index is 0.000000213. The van der Waals surface area contributed by atoms with Crippen molar-refractivity contribution in [3.63, 3.8) is 0 Å². The maximum atomic E-state index is 5.44. The lowest BCUT2D eigenvalue weighted by Gasteiger charge is -1.88. The summed E-state index contributed by atoms with van der Waals surface area (Å²) in [5.41, 5.74) is 1.36. The molecule has 14 heavy (non-hydrogen) atoms. The van der Waals surface area contributed by atoms with Gasteiger partial charge < -0.3 is 5.84 Å². The highest BCUT2D eigenvalue weighted by Gasteiger charge is 1.97. The van der Waals surface area contributed by atoms with Crippen LogP contribution in [0.2, 0.25) is 0 Å². The SMILES string of the molecule is CCCC.Nn1cnc2cncnc21. The van der Waals surface area contributed by atoms with E-state index in [2.05, 4.69) is 28.8 Å². The first-order valence-corrected chi connectivity index (χ1v) is 4.67. The van der Waals surface area contributed by atoms with Gasteiger partial charge in [0.2, 0.25) is 0 Å². The second-order valence-corrected chi connectivity index (χ2v) is 2.88. The standard InChI is InChI=1S/C5H5N5.C4H10/c6-10-3-9-4-1-7-2-8-5(4)10;1-3-4-2/h1-3H,6H2;3-4H2,1-2H3. The number of nitrogens with zero attached hydrogens (tertiary/aromatic N) is 4. The van der Waals surface area contributed by atoms with Crippen LogP contribution in [0.15, 0.2) is 18.9 Å². The molecule has 0 saturated heterocycles. The normalized spacial score (nSPS) is 9.57. The third-order valence-electron chi connectivity index (χ3n) is 1.74. The van der Waals surface area contributed by atoms with E-state index >= 15 is 0 Å². The van der Waals surface area contributed by atoms with Crippen molar-refractivity contribution in [2.75, 3.05) is 5.84 Å². The monoisotopic (exact) mass is 193 g/mol. The fraction of sp³-hybridized carbons (Fsp3) is 0.444. The third kappa shape index (κ3) is 2.42. The Morgan fingerprint density at radius 1 is 1.29 bits per heavy atom. The molecule has 0 aliphatic heterocycles. The van der Waals surface area contributed by atoms with Gasteiger partial charge in [0.25, 0.3) is 0 Å². The van der Waals surface area contributed by atoms with E-state index in [1.165, 1.54) is 30.2 Å². The van der Waals surface area contributed by atoms with Crippen LogP contribution >= 0.6 is 0 Å². The first kappa shape index (κ1) is 10.4. The number of hydrogen-bond donors (Lipinski definition) is 1. The molecular formula is C9H15N5. The minimum Gasteiger partial charge on any atom is -0.336 e. The Kier molecular flexibility index (Phi) is 3.84. The zero-order chi connectivity index (χ0) is 10.4. The van der Waals surface area contributed by atoms with Crippen molar-refractivity contribution in [1.29, 1.82) is 0 Å². The number of rotatable bonds is 1. The summed E-state index contributed by atoms with van der Waals surface area (Å²) in [6.45, 7) is 4.36. The molecule has 0 atom stereocenters. The molecule has 2 aromatic rings. The summed E-state index contributed by atoms with van der Waals surface area (Å²) >= 11 is 0. The van der Waals surface area contributed by atoms with E-state index in [1.54, 1.807) is 6.20 Å². The molecule has 0 aromatic carbocycles. The Morgan fingerprint density at radius 2 is 2.00 bits per heavy atom. The molecule has 2 rings (SSSR count). The lowest BCUT2D eigenvalue weighted by molar-refractivity contribution is 0.886. The zero-order valence-corrected chi connectivity index (χ0v) is 8.51. The van der Waals surface area contributed by atoms with Crippen molar-refractivity contribution < 1.29 is 0 Å². The molecule has 5 heteroatoms. The van der Waals surface area contributed by atoms with E-state index < -0.39 is 0 Å². The fourth-order valence-corrected chi connectivity index (χ4v) is 0.785. The number of nitrogens with two attached hydrogens (primary N) is 1. The molecule has 0 spiro atoms. The van der Waals surface area contributed by atoms with E-state index in [1.807, 2.05) is 0 Å². The van der Waals surface area contributed by atoms with E-state index in [9.17, 15) is 0 Å². The highest BCUT2D eigenvalue weighted by Crippen LogP contribution is 2.01. The Bertz CT molecular complexity index is 379. The zero-order valence-electron chi connectivity index (χ0n) is 8.51. The molecule has 0 saturated carbocycles. The molecule has 2 N–H and O–H groups in total. The number of fused-ring (bicyclic) bond motifs is 1. The molecular weight excluding hydrogens is 178 g/mol. The van der Waals surface area contributed by atoms with Crippen molar-refractivity contribution in [3.05, 3.63) is 18.9 Å². The summed E-state index contributed by atoms with van der Waals surface area (Å²) in [6.07, 6.45) is 7.19. The van der Waals surface area contributed by atoms with Crippen LogP contribution in [-0.4, -0.2) is 19.6 Å². The summed E-state index contributed by atoms with van der Waals surface area (Å²) in [7, 11) is 0. The minimum atomic E-state index is 0.648. The van der Waals surface area contributed by atoms with Crippen LogP contribution in [-0.2, 0) is 0 Å². The predicted molar refractivity (Wildman–Crippen MR) is 56.1 cm³/mol. The van der Waals surface area contributed by atoms with Crippen LogP contribution in [0.5, 0.6) is 0 Å². The van der Waals surface area contributed by atoms with Gasteiger partial charge in [0.1, 0.15) is 18.2 Å². The van der Waals surface area contributed by atoms with Crippen molar-refractivity contribution in [3.8, 4) is 0 Å². The maximum absolute atomic E-state index is 5.44. The van der Waals surface area contributed by atoms with Crippen molar-refractivity contribution in [1.82, 2.24) is 19.6 Å². The molecule has 0 unspecified atom stereocenters. The molecule has 0 aliphatic rings. The quantitative estimate of drug-likeness (QED) is 0.694. The van der Waals surface area contributed by atoms with Gasteiger partial charge in [0.05, 0.1) is 6.20 Å². The smallest absolute Gasteiger partial charge is 0.181 e. The van der Waals surface area contributed by atoms with Gasteiger partial charge in [-0.25, -0.2) is 19.6 Å². The predicted octanol–water partition coefficient (Wildman–Crippen LogP) is 1.35. The second-order valence-electron chi connectivity index (χ2n) is 2.88. The molecule has 0 radical (unpaired) electrons. The van der Waals surface area contributed by atoms with Crippen LogP contribution in [0.1, 0.15) is 26.7 Å². The lowest BCUT2D eigenvalue weighted by Crippen LogP contribution is -2.06. The van der Waals surface area contributed by atoms with E-state index in [4.69, 9.17) is 5.84 Å². The van der Waals surface area contributed by atoms with Gasteiger partial charge in [-0.05, 0) is 0 Å². The molecule has 0 fully saturated rings. The highest BCUT2D eigenvalue weighted by molar-refractivity contribution is 5.68. The topological polar surface area (TPSA) is 69.6 Å². The van der Waals surface area contributed by atoms with Crippen LogP contribution in [0, 0.1) is 0 Å². The van der Waals surface area contributed by atoms with Crippen molar-refractivity contribution in [2.24, 2.45) is 0 Å². The van der Waals surface area contributed by atoms with Crippen LogP contribution < -0.4 is 5.84 Å². The van der Waals surface area contributed by atoms with Gasteiger partial charge in [-0.3, -0.25) is 0 Å². The van der Waals surface area contributed by atoms with Gasteiger partial charge in [-0.15, -0.1) is 0 Å². The van der Waals surface area contributed by atoms with Gasteiger partial charge in [-0.1, -0.05) is 26.7 Å². The number of hydrogen-bond acceptors (Lipinski definition) is 4. The van der Waals surface area contributed by atoms with Gasteiger partial charge in [0, 0.05) is 0 Å². The molecule has 0 bridgehead atoms. The minimum absolute atomic E-state index is 0.648. The average molecular weight is 193 g/mol. The van der Waals surface area contributed by atoms with E-state index in [0.29, 0.717) is 11.2 Å². The Hall–Kier alpha value is -1.65. The van der Waals surface area contributed by atoms with E-state index in [0.717, 1.165) is 0 Å². The first-order valence-electron chi connectivity index (χ1n) is 4.67. The lowest BCUT2D eigenvalue weighted by atomic mass is 10.4. The fourth-order valence-electron chi connectivity index (χ4n) is 0.785. The first-order chi connectivity index (χ1) is 6.79. The molecule has 2 aromatic heterocycles. The van der Waals surface area contributed by atoms with Crippen LogP contribution in [0.3, 0.4) is 0 Å². The van der Waals surface area contributed by atoms with Crippen molar-refractivity contribution >= 4 is 11.2 Å². The molecule has 0 amide bonds. The van der Waals surface area contributed by atoms with Crippen LogP contribution in [0.25, 0.3) is 11.2 Å². The molecule has 76 valence electrons. The van der Waals surface area contributed by atoms with Gasteiger partial charge in [0.15, 0.2) is 5.65 Å². The van der Waals surface area contributed by atoms with E-state index in [-0.39, 0.29) is 0 Å². The Labute approximate surface area is 83.0 Å². The van der Waals surface area contributed by atoms with Crippen LogP contribution in [0.4, 0.5) is 0 Å². The number of unbranched alkanes of at least 4 members (excludes halogenated alkanes) is 1. The summed E-state index contributed by atoms with van der Waals surface area (Å²) < 4.78 is 1.36. The molecule has 2 heterocycles. The molecule has 5 nitrogen and oxygen atoms in total. The van der Waals surface area contributed by atoms with Gasteiger partial charge in [-0.2, -0.15) is 0 Å². The summed E-state index contributed by atoms with van der Waals surface area (Å²) in [4.78, 5) is 11.6. The number of aromatic nitrogens is 4. The summed E-state index contributed by atoms with van der Waals surface area (Å²) in [5.74, 6) is 5.44. The second kappa shape index (κ2) is 5.16. The Morgan fingerprint density at radius 3 is 2.57 bits per heavy atom. The summed E-state index contributed by atoms with van der Waals surface area (Å²) in [5, 5.41) is 0. The average Bonchev–Trinajstić information content (AvgIpc) is 2.62. The highest BCUT2D eigenvalue weighted by atomic mass is 15.3.